The zero-order valence-electron chi connectivity index (χ0n) is 11.9. The van der Waals surface area contributed by atoms with Gasteiger partial charge in [0.05, 0.1) is 11.8 Å². The Balaban J connectivity index is 1.79. The number of fused-ring (bicyclic) bond motifs is 1. The number of hydrogen-bond donors (Lipinski definition) is 2. The molecule has 2 atom stereocenters. The molecule has 2 aliphatic heterocycles. The number of likely N-dealkylation sites (N-methyl/N-ethyl adjacent to an activating group) is 1. The highest BCUT2D eigenvalue weighted by molar-refractivity contribution is 6.02. The van der Waals surface area contributed by atoms with Gasteiger partial charge in [0.1, 0.15) is 5.82 Å². The van der Waals surface area contributed by atoms with E-state index < -0.39 is 17.8 Å². The zero-order valence-corrected chi connectivity index (χ0v) is 11.9. The van der Waals surface area contributed by atoms with Crippen LogP contribution in [0.2, 0.25) is 0 Å². The van der Waals surface area contributed by atoms with Crippen LogP contribution in [0, 0.1) is 5.82 Å². The van der Waals surface area contributed by atoms with Gasteiger partial charge >= 0.3 is 0 Å². The van der Waals surface area contributed by atoms with Crippen molar-refractivity contribution in [2.75, 3.05) is 30.4 Å². The highest BCUT2D eigenvalue weighted by atomic mass is 19.1. The number of carbonyl (C=O) groups is 1. The van der Waals surface area contributed by atoms with Gasteiger partial charge in [0, 0.05) is 31.5 Å². The van der Waals surface area contributed by atoms with Gasteiger partial charge in [-0.25, -0.2) is 4.39 Å². The topological polar surface area (TPSA) is 61.8 Å². The molecule has 2 unspecified atom stereocenters. The molecule has 114 valence electrons. The minimum atomic E-state index is -1.28. The maximum atomic E-state index is 14.2. The summed E-state index contributed by atoms with van der Waals surface area (Å²) < 4.78 is 19.9. The number of aliphatic hydroxyl groups excluding tert-OH is 1. The molecule has 0 aliphatic carbocycles. The standard InChI is InChI=1S/C15H19FN2O3/c1-18(8-9-4-2-3-5-21-9)13-7-12-10(6-11(13)16)14(19)15(20)17-12/h6-7,9,14,19H,2-5,8H2,1H3,(H,17,20). The molecule has 5 nitrogen and oxygen atoms in total. The minimum absolute atomic E-state index is 0.108. The lowest BCUT2D eigenvalue weighted by atomic mass is 10.1. The van der Waals surface area contributed by atoms with Crippen LogP contribution in [0.15, 0.2) is 12.1 Å². The van der Waals surface area contributed by atoms with E-state index in [2.05, 4.69) is 5.32 Å². The van der Waals surface area contributed by atoms with Crippen molar-refractivity contribution in [1.29, 1.82) is 0 Å². The molecular formula is C15H19FN2O3. The second-order valence-corrected chi connectivity index (χ2v) is 5.65. The number of rotatable bonds is 3. The summed E-state index contributed by atoms with van der Waals surface area (Å²) in [5.74, 6) is -0.956. The average Bonchev–Trinajstić information content (AvgIpc) is 2.74. The van der Waals surface area contributed by atoms with Crippen LogP contribution in [-0.4, -0.2) is 37.3 Å². The van der Waals surface area contributed by atoms with E-state index >= 15 is 0 Å². The Bertz CT molecular complexity index is 558. The third kappa shape index (κ3) is 2.73. The molecule has 1 fully saturated rings. The number of aliphatic hydroxyl groups is 1. The van der Waals surface area contributed by atoms with E-state index in [1.165, 1.54) is 6.07 Å². The first kappa shape index (κ1) is 14.3. The second-order valence-electron chi connectivity index (χ2n) is 5.65. The Morgan fingerprint density at radius 1 is 1.48 bits per heavy atom. The van der Waals surface area contributed by atoms with E-state index in [4.69, 9.17) is 4.74 Å². The highest BCUT2D eigenvalue weighted by Crippen LogP contribution is 2.35. The van der Waals surface area contributed by atoms with Gasteiger partial charge < -0.3 is 20.1 Å². The molecular weight excluding hydrogens is 275 g/mol. The highest BCUT2D eigenvalue weighted by Gasteiger charge is 2.30. The molecule has 0 aromatic heterocycles. The van der Waals surface area contributed by atoms with Crippen molar-refractivity contribution in [2.45, 2.75) is 31.5 Å². The third-order valence-electron chi connectivity index (χ3n) is 4.08. The molecule has 6 heteroatoms. The molecule has 1 aromatic rings. The van der Waals surface area contributed by atoms with Gasteiger partial charge in [-0.2, -0.15) is 0 Å². The van der Waals surface area contributed by atoms with Crippen LogP contribution in [0.25, 0.3) is 0 Å². The summed E-state index contributed by atoms with van der Waals surface area (Å²) in [7, 11) is 1.80. The first-order valence-corrected chi connectivity index (χ1v) is 7.21. The van der Waals surface area contributed by atoms with Gasteiger partial charge in [-0.05, 0) is 31.4 Å². The van der Waals surface area contributed by atoms with Gasteiger partial charge in [-0.1, -0.05) is 0 Å². The van der Waals surface area contributed by atoms with Gasteiger partial charge in [-0.15, -0.1) is 0 Å². The summed E-state index contributed by atoms with van der Waals surface area (Å²) >= 11 is 0. The number of hydrogen-bond acceptors (Lipinski definition) is 4. The predicted molar refractivity (Wildman–Crippen MR) is 76.9 cm³/mol. The van der Waals surface area contributed by atoms with Gasteiger partial charge in [0.25, 0.3) is 5.91 Å². The molecule has 21 heavy (non-hydrogen) atoms. The molecule has 0 radical (unpaired) electrons. The number of amides is 1. The van der Waals surface area contributed by atoms with Crippen molar-refractivity contribution in [3.8, 4) is 0 Å². The van der Waals surface area contributed by atoms with Crippen LogP contribution in [0.1, 0.15) is 30.9 Å². The van der Waals surface area contributed by atoms with Crippen LogP contribution < -0.4 is 10.2 Å². The zero-order chi connectivity index (χ0) is 15.0. The number of anilines is 2. The summed E-state index contributed by atoms with van der Waals surface area (Å²) in [5.41, 5.74) is 1.17. The van der Waals surface area contributed by atoms with E-state index in [1.807, 2.05) is 0 Å². The average molecular weight is 294 g/mol. The van der Waals surface area contributed by atoms with Gasteiger partial charge in [-0.3, -0.25) is 4.79 Å². The van der Waals surface area contributed by atoms with E-state index in [-0.39, 0.29) is 6.10 Å². The third-order valence-corrected chi connectivity index (χ3v) is 4.08. The number of ether oxygens (including phenoxy) is 1. The van der Waals surface area contributed by atoms with E-state index in [1.54, 1.807) is 18.0 Å². The normalized spacial score (nSPS) is 24.6. The van der Waals surface area contributed by atoms with Crippen molar-refractivity contribution >= 4 is 17.3 Å². The first-order chi connectivity index (χ1) is 10.1. The fourth-order valence-electron chi connectivity index (χ4n) is 2.90. The summed E-state index contributed by atoms with van der Waals surface area (Å²) in [6.45, 7) is 1.36. The van der Waals surface area contributed by atoms with Crippen LogP contribution in [0.3, 0.4) is 0 Å². The van der Waals surface area contributed by atoms with Crippen LogP contribution in [-0.2, 0) is 9.53 Å². The fourth-order valence-corrected chi connectivity index (χ4v) is 2.90. The monoisotopic (exact) mass is 294 g/mol. The number of carbonyl (C=O) groups excluding carboxylic acids is 1. The summed E-state index contributed by atoms with van der Waals surface area (Å²) in [6.07, 6.45) is 2.02. The van der Waals surface area contributed by atoms with Gasteiger partial charge in [0.2, 0.25) is 0 Å². The number of halogens is 1. The predicted octanol–water partition coefficient (Wildman–Crippen LogP) is 1.82. The Kier molecular flexibility index (Phi) is 3.82. The van der Waals surface area contributed by atoms with Crippen molar-refractivity contribution in [2.24, 2.45) is 0 Å². The molecule has 2 aliphatic rings. The maximum Gasteiger partial charge on any atom is 0.257 e. The lowest BCUT2D eigenvalue weighted by molar-refractivity contribution is -0.123. The second kappa shape index (κ2) is 5.61. The van der Waals surface area contributed by atoms with Crippen molar-refractivity contribution in [3.63, 3.8) is 0 Å². The molecule has 0 bridgehead atoms. The van der Waals surface area contributed by atoms with E-state index in [9.17, 15) is 14.3 Å². The Morgan fingerprint density at radius 2 is 2.29 bits per heavy atom. The molecule has 2 heterocycles. The smallest absolute Gasteiger partial charge is 0.257 e. The molecule has 1 aromatic carbocycles. The molecule has 2 N–H and O–H groups in total. The quantitative estimate of drug-likeness (QED) is 0.892. The minimum Gasteiger partial charge on any atom is -0.378 e. The molecule has 3 rings (SSSR count). The lowest BCUT2D eigenvalue weighted by Gasteiger charge is -2.29. The van der Waals surface area contributed by atoms with E-state index in [0.29, 0.717) is 23.5 Å². The van der Waals surface area contributed by atoms with Crippen molar-refractivity contribution in [3.05, 3.63) is 23.5 Å². The molecule has 0 spiro atoms. The summed E-state index contributed by atoms with van der Waals surface area (Å²) in [5, 5.41) is 12.2. The Labute approximate surface area is 122 Å². The SMILES string of the molecule is CN(CC1CCCCO1)c1cc2c(cc1F)C(O)C(=O)N2. The Hall–Kier alpha value is -1.66. The fraction of sp³-hybridized carbons (Fsp3) is 0.533. The summed E-state index contributed by atoms with van der Waals surface area (Å²) in [4.78, 5) is 13.2. The van der Waals surface area contributed by atoms with Gasteiger partial charge in [0.15, 0.2) is 6.10 Å². The number of benzene rings is 1. The Morgan fingerprint density at radius 3 is 3.00 bits per heavy atom. The first-order valence-electron chi connectivity index (χ1n) is 7.21. The van der Waals surface area contributed by atoms with Crippen molar-refractivity contribution in [1.82, 2.24) is 0 Å². The van der Waals surface area contributed by atoms with Crippen LogP contribution in [0.4, 0.5) is 15.8 Å². The van der Waals surface area contributed by atoms with Crippen molar-refractivity contribution < 1.29 is 19.0 Å². The molecule has 0 saturated carbocycles. The summed E-state index contributed by atoms with van der Waals surface area (Å²) in [6, 6.07) is 2.80. The number of nitrogens with one attached hydrogen (secondary N) is 1. The number of nitrogens with zero attached hydrogens (tertiary/aromatic N) is 1. The largest absolute Gasteiger partial charge is 0.378 e. The molecule has 1 saturated heterocycles. The maximum absolute atomic E-state index is 14.2. The van der Waals surface area contributed by atoms with E-state index in [0.717, 1.165) is 25.9 Å². The lowest BCUT2D eigenvalue weighted by Crippen LogP contribution is -2.33. The van der Waals surface area contributed by atoms with Crippen LogP contribution >= 0.6 is 0 Å². The van der Waals surface area contributed by atoms with Crippen LogP contribution in [0.5, 0.6) is 0 Å². The molecule has 1 amide bonds.